The third-order valence-corrected chi connectivity index (χ3v) is 5.29. The van der Waals surface area contributed by atoms with E-state index in [1.54, 1.807) is 6.20 Å². The van der Waals surface area contributed by atoms with E-state index in [0.29, 0.717) is 18.3 Å². The number of amides is 1. The van der Waals surface area contributed by atoms with E-state index >= 15 is 0 Å². The summed E-state index contributed by atoms with van der Waals surface area (Å²) >= 11 is 0. The van der Waals surface area contributed by atoms with E-state index in [1.807, 2.05) is 22.7 Å². The molecule has 0 bridgehead atoms. The smallest absolute Gasteiger partial charge is 0.225 e. The Balaban J connectivity index is 1.63. The number of likely N-dealkylation sites (tertiary alicyclic amines) is 1. The number of piperidine rings is 1. The van der Waals surface area contributed by atoms with Crippen molar-refractivity contribution in [1.29, 1.82) is 0 Å². The monoisotopic (exact) mass is 305 g/mol. The van der Waals surface area contributed by atoms with Crippen LogP contribution in [0.4, 0.5) is 0 Å². The minimum atomic E-state index is -0.582. The molecule has 1 aliphatic heterocycles. The molecule has 1 saturated carbocycles. The molecule has 2 aliphatic rings. The van der Waals surface area contributed by atoms with Crippen molar-refractivity contribution in [1.82, 2.24) is 14.5 Å². The predicted octanol–water partition coefficient (Wildman–Crippen LogP) is 2.27. The second-order valence-corrected chi connectivity index (χ2v) is 6.86. The second kappa shape index (κ2) is 6.82. The highest BCUT2D eigenvalue weighted by atomic mass is 16.3. The average Bonchev–Trinajstić information content (AvgIpc) is 3.00. The Kier molecular flexibility index (Phi) is 4.81. The number of hydrogen-bond donors (Lipinski definition) is 1. The van der Waals surface area contributed by atoms with Gasteiger partial charge in [0.15, 0.2) is 0 Å². The largest absolute Gasteiger partial charge is 0.385 e. The summed E-state index contributed by atoms with van der Waals surface area (Å²) in [5.74, 6) is 1.34. The van der Waals surface area contributed by atoms with Gasteiger partial charge in [0.1, 0.15) is 11.9 Å². The van der Waals surface area contributed by atoms with Crippen molar-refractivity contribution in [2.45, 2.75) is 51.0 Å². The van der Waals surface area contributed by atoms with Gasteiger partial charge in [0, 0.05) is 44.4 Å². The number of carbonyl (C=O) groups is 1. The molecule has 1 aliphatic carbocycles. The lowest BCUT2D eigenvalue weighted by Gasteiger charge is -2.37. The van der Waals surface area contributed by atoms with Crippen LogP contribution in [0, 0.1) is 11.8 Å². The summed E-state index contributed by atoms with van der Waals surface area (Å²) < 4.78 is 1.87. The van der Waals surface area contributed by atoms with Crippen molar-refractivity contribution in [3.05, 3.63) is 18.2 Å². The molecule has 0 aromatic carbocycles. The maximum absolute atomic E-state index is 12.7. The Hall–Kier alpha value is -1.36. The Morgan fingerprint density at radius 2 is 2.05 bits per heavy atom. The van der Waals surface area contributed by atoms with Gasteiger partial charge in [0.2, 0.25) is 5.91 Å². The zero-order chi connectivity index (χ0) is 15.5. The number of aliphatic hydroxyl groups excluding tert-OH is 1. The lowest BCUT2D eigenvalue weighted by molar-refractivity contribution is -0.139. The van der Waals surface area contributed by atoms with Gasteiger partial charge >= 0.3 is 0 Å². The van der Waals surface area contributed by atoms with E-state index in [2.05, 4.69) is 4.98 Å². The molecule has 0 radical (unpaired) electrons. The van der Waals surface area contributed by atoms with Crippen molar-refractivity contribution >= 4 is 5.91 Å². The number of aryl methyl sites for hydroxylation is 1. The highest BCUT2D eigenvalue weighted by Crippen LogP contribution is 2.31. The first-order valence-electron chi connectivity index (χ1n) is 8.61. The van der Waals surface area contributed by atoms with Crippen LogP contribution in [0.2, 0.25) is 0 Å². The van der Waals surface area contributed by atoms with E-state index in [-0.39, 0.29) is 11.8 Å². The molecule has 1 aromatic heterocycles. The van der Waals surface area contributed by atoms with Crippen LogP contribution in [0.25, 0.3) is 0 Å². The molecule has 1 N–H and O–H groups in total. The highest BCUT2D eigenvalue weighted by molar-refractivity contribution is 5.79. The zero-order valence-corrected chi connectivity index (χ0v) is 13.4. The van der Waals surface area contributed by atoms with Gasteiger partial charge in [-0.2, -0.15) is 0 Å². The molecular weight excluding hydrogens is 278 g/mol. The standard InChI is InChI=1S/C17H27N3O2/c1-19-11-9-18-16(19)15(21)14-8-5-10-20(12-14)17(22)13-6-3-2-4-7-13/h9,11,13-15,21H,2-8,10,12H2,1H3. The quantitative estimate of drug-likeness (QED) is 0.932. The molecule has 1 aromatic rings. The van der Waals surface area contributed by atoms with E-state index in [4.69, 9.17) is 0 Å². The van der Waals surface area contributed by atoms with Crippen LogP contribution in [0.5, 0.6) is 0 Å². The number of rotatable bonds is 3. The minimum Gasteiger partial charge on any atom is -0.385 e. The number of aliphatic hydroxyl groups is 1. The van der Waals surface area contributed by atoms with Gasteiger partial charge in [-0.15, -0.1) is 0 Å². The fraction of sp³-hybridized carbons (Fsp3) is 0.765. The molecule has 0 spiro atoms. The van der Waals surface area contributed by atoms with E-state index in [9.17, 15) is 9.90 Å². The summed E-state index contributed by atoms with van der Waals surface area (Å²) in [5.41, 5.74) is 0. The third kappa shape index (κ3) is 3.19. The molecule has 1 saturated heterocycles. The van der Waals surface area contributed by atoms with E-state index < -0.39 is 6.10 Å². The summed E-state index contributed by atoms with van der Waals surface area (Å²) in [6, 6.07) is 0. The zero-order valence-electron chi connectivity index (χ0n) is 13.4. The van der Waals surface area contributed by atoms with Crippen LogP contribution in [-0.2, 0) is 11.8 Å². The van der Waals surface area contributed by atoms with Crippen molar-refractivity contribution in [2.24, 2.45) is 18.9 Å². The molecular formula is C17H27N3O2. The van der Waals surface area contributed by atoms with Crippen molar-refractivity contribution in [2.75, 3.05) is 13.1 Å². The van der Waals surface area contributed by atoms with Gasteiger partial charge in [-0.3, -0.25) is 4.79 Å². The highest BCUT2D eigenvalue weighted by Gasteiger charge is 2.33. The minimum absolute atomic E-state index is 0.0994. The molecule has 5 heteroatoms. The molecule has 122 valence electrons. The van der Waals surface area contributed by atoms with Crippen LogP contribution < -0.4 is 0 Å². The summed E-state index contributed by atoms with van der Waals surface area (Å²) in [4.78, 5) is 19.0. The fourth-order valence-corrected chi connectivity index (χ4v) is 3.95. The van der Waals surface area contributed by atoms with Gasteiger partial charge in [-0.1, -0.05) is 19.3 Å². The number of imidazole rings is 1. The van der Waals surface area contributed by atoms with Crippen molar-refractivity contribution in [3.63, 3.8) is 0 Å². The number of nitrogens with zero attached hydrogens (tertiary/aromatic N) is 3. The van der Waals surface area contributed by atoms with Crippen molar-refractivity contribution in [3.8, 4) is 0 Å². The number of hydrogen-bond acceptors (Lipinski definition) is 3. The van der Waals surface area contributed by atoms with Gasteiger partial charge in [-0.05, 0) is 25.7 Å². The fourth-order valence-electron chi connectivity index (χ4n) is 3.95. The first-order valence-corrected chi connectivity index (χ1v) is 8.61. The maximum Gasteiger partial charge on any atom is 0.225 e. The van der Waals surface area contributed by atoms with Gasteiger partial charge in [-0.25, -0.2) is 4.98 Å². The molecule has 22 heavy (non-hydrogen) atoms. The number of aromatic nitrogens is 2. The topological polar surface area (TPSA) is 58.4 Å². The summed E-state index contributed by atoms with van der Waals surface area (Å²) in [7, 11) is 1.90. The van der Waals surface area contributed by atoms with Gasteiger partial charge in [0.25, 0.3) is 0 Å². The predicted molar refractivity (Wildman–Crippen MR) is 84.0 cm³/mol. The SMILES string of the molecule is Cn1ccnc1C(O)C1CCCN(C(=O)C2CCCCC2)C1. The summed E-state index contributed by atoms with van der Waals surface area (Å²) in [5, 5.41) is 10.6. The molecule has 1 amide bonds. The van der Waals surface area contributed by atoms with Crippen LogP contribution in [0.15, 0.2) is 12.4 Å². The lowest BCUT2D eigenvalue weighted by atomic mass is 9.86. The first-order chi connectivity index (χ1) is 10.7. The lowest BCUT2D eigenvalue weighted by Crippen LogP contribution is -2.45. The van der Waals surface area contributed by atoms with E-state index in [1.165, 1.54) is 19.3 Å². The van der Waals surface area contributed by atoms with Gasteiger partial charge in [0.05, 0.1) is 0 Å². The van der Waals surface area contributed by atoms with Crippen LogP contribution >= 0.6 is 0 Å². The van der Waals surface area contributed by atoms with E-state index in [0.717, 1.165) is 32.2 Å². The Morgan fingerprint density at radius 1 is 1.27 bits per heavy atom. The Labute approximate surface area is 132 Å². The summed E-state index contributed by atoms with van der Waals surface area (Å²) in [6.45, 7) is 1.52. The Morgan fingerprint density at radius 3 is 2.73 bits per heavy atom. The molecule has 2 atom stereocenters. The Bertz CT molecular complexity index is 508. The van der Waals surface area contributed by atoms with Crippen molar-refractivity contribution < 1.29 is 9.90 Å². The van der Waals surface area contributed by atoms with Crippen LogP contribution in [-0.4, -0.2) is 38.6 Å². The normalized spacial score (nSPS) is 25.2. The summed E-state index contributed by atoms with van der Waals surface area (Å²) in [6.07, 6.45) is 10.6. The van der Waals surface area contributed by atoms with Gasteiger partial charge < -0.3 is 14.6 Å². The molecule has 2 heterocycles. The maximum atomic E-state index is 12.7. The molecule has 5 nitrogen and oxygen atoms in total. The molecule has 3 rings (SSSR count). The molecule has 2 unspecified atom stereocenters. The number of carbonyl (C=O) groups excluding carboxylic acids is 1. The third-order valence-electron chi connectivity index (χ3n) is 5.29. The average molecular weight is 305 g/mol. The first kappa shape index (κ1) is 15.5. The van der Waals surface area contributed by atoms with Crippen LogP contribution in [0.1, 0.15) is 56.9 Å². The second-order valence-electron chi connectivity index (χ2n) is 6.86. The van der Waals surface area contributed by atoms with Crippen LogP contribution in [0.3, 0.4) is 0 Å². The molecule has 2 fully saturated rings.